The van der Waals surface area contributed by atoms with E-state index in [2.05, 4.69) is 20.1 Å². The minimum Gasteiger partial charge on any atom is -0.325 e. The zero-order valence-corrected chi connectivity index (χ0v) is 11.7. The Balaban J connectivity index is 2.10. The standard InChI is InChI=1S/C14H11N5OS/c20-18-16-14-19(12-9-5-2-6-10-12)13(17-21-14)15-11-7-3-1-4-8-11/h1-10H,(H,15,17)/b16-14-. The van der Waals surface area contributed by atoms with Crippen LogP contribution in [-0.2, 0) is 0 Å². The van der Waals surface area contributed by atoms with Gasteiger partial charge in [0.05, 0.1) is 11.0 Å². The van der Waals surface area contributed by atoms with E-state index in [9.17, 15) is 4.91 Å². The molecule has 2 aromatic carbocycles. The molecule has 0 saturated carbocycles. The predicted molar refractivity (Wildman–Crippen MR) is 82.5 cm³/mol. The lowest BCUT2D eigenvalue weighted by Gasteiger charge is -2.08. The topological polar surface area (TPSA) is 71.6 Å². The molecule has 6 nitrogen and oxygen atoms in total. The Morgan fingerprint density at radius 1 is 1.00 bits per heavy atom. The summed E-state index contributed by atoms with van der Waals surface area (Å²) in [4.78, 5) is 10.9. The fourth-order valence-electron chi connectivity index (χ4n) is 1.89. The van der Waals surface area contributed by atoms with Crippen LogP contribution in [0.3, 0.4) is 0 Å². The number of nitroso groups, excluding NO2 is 1. The summed E-state index contributed by atoms with van der Waals surface area (Å²) in [6, 6.07) is 19.2. The smallest absolute Gasteiger partial charge is 0.239 e. The van der Waals surface area contributed by atoms with Crippen LogP contribution < -0.4 is 10.1 Å². The van der Waals surface area contributed by atoms with Crippen LogP contribution in [0.4, 0.5) is 11.6 Å². The van der Waals surface area contributed by atoms with Crippen molar-refractivity contribution >= 4 is 23.2 Å². The summed E-state index contributed by atoms with van der Waals surface area (Å²) in [5, 5.41) is 9.41. The summed E-state index contributed by atoms with van der Waals surface area (Å²) >= 11 is 1.10. The first-order valence-electron chi connectivity index (χ1n) is 6.21. The van der Waals surface area contributed by atoms with Crippen molar-refractivity contribution in [1.82, 2.24) is 8.94 Å². The normalized spacial score (nSPS) is 11.3. The number of anilines is 2. The van der Waals surface area contributed by atoms with Crippen molar-refractivity contribution in [2.75, 3.05) is 5.32 Å². The Hall–Kier alpha value is -2.80. The number of aromatic nitrogens is 2. The van der Waals surface area contributed by atoms with Crippen molar-refractivity contribution in [2.45, 2.75) is 0 Å². The molecular weight excluding hydrogens is 286 g/mol. The number of rotatable bonds is 4. The van der Waals surface area contributed by atoms with Crippen LogP contribution in [0.2, 0.25) is 0 Å². The molecule has 0 aliphatic heterocycles. The average Bonchev–Trinajstić information content (AvgIpc) is 2.92. The second kappa shape index (κ2) is 6.10. The molecule has 0 saturated heterocycles. The summed E-state index contributed by atoms with van der Waals surface area (Å²) in [6.07, 6.45) is 0. The highest BCUT2D eigenvalue weighted by molar-refractivity contribution is 7.03. The zero-order valence-electron chi connectivity index (χ0n) is 10.9. The summed E-state index contributed by atoms with van der Waals surface area (Å²) in [5.74, 6) is 0.583. The van der Waals surface area contributed by atoms with Gasteiger partial charge in [0, 0.05) is 17.2 Å². The predicted octanol–water partition coefficient (Wildman–Crippen LogP) is 3.26. The third-order valence-electron chi connectivity index (χ3n) is 2.79. The third kappa shape index (κ3) is 2.87. The molecule has 0 aliphatic rings. The molecule has 7 heteroatoms. The highest BCUT2D eigenvalue weighted by atomic mass is 32.1. The number of hydrogen-bond acceptors (Lipinski definition) is 5. The van der Waals surface area contributed by atoms with Gasteiger partial charge >= 0.3 is 0 Å². The van der Waals surface area contributed by atoms with E-state index in [1.807, 2.05) is 60.7 Å². The largest absolute Gasteiger partial charge is 0.325 e. The second-order valence-corrected chi connectivity index (χ2v) is 4.86. The fourth-order valence-corrected chi connectivity index (χ4v) is 2.53. The van der Waals surface area contributed by atoms with Crippen LogP contribution in [0.15, 0.2) is 71.1 Å². The van der Waals surface area contributed by atoms with Gasteiger partial charge < -0.3 is 5.32 Å². The van der Waals surface area contributed by atoms with Crippen molar-refractivity contribution in [3.05, 3.63) is 70.4 Å². The molecule has 104 valence electrons. The van der Waals surface area contributed by atoms with Gasteiger partial charge in [-0.25, -0.2) is 0 Å². The van der Waals surface area contributed by atoms with Crippen LogP contribution in [0.5, 0.6) is 0 Å². The van der Waals surface area contributed by atoms with Gasteiger partial charge in [-0.05, 0) is 24.3 Å². The van der Waals surface area contributed by atoms with Crippen LogP contribution in [-0.4, -0.2) is 8.94 Å². The van der Waals surface area contributed by atoms with Crippen LogP contribution in [0.25, 0.3) is 5.69 Å². The number of para-hydroxylation sites is 2. The Bertz CT molecular complexity index is 795. The Morgan fingerprint density at radius 2 is 1.67 bits per heavy atom. The first-order valence-corrected chi connectivity index (χ1v) is 6.98. The van der Waals surface area contributed by atoms with Crippen molar-refractivity contribution in [3.63, 3.8) is 0 Å². The summed E-state index contributed by atoms with van der Waals surface area (Å²) in [5.41, 5.74) is 1.75. The van der Waals surface area contributed by atoms with Crippen molar-refractivity contribution in [2.24, 2.45) is 10.4 Å². The molecule has 0 spiro atoms. The Kier molecular flexibility index (Phi) is 3.83. The number of benzene rings is 2. The highest BCUT2D eigenvalue weighted by Gasteiger charge is 2.09. The molecule has 0 amide bonds. The van der Waals surface area contributed by atoms with Crippen molar-refractivity contribution in [1.29, 1.82) is 0 Å². The molecule has 0 unspecified atom stereocenters. The second-order valence-electron chi connectivity index (χ2n) is 4.13. The van der Waals surface area contributed by atoms with Gasteiger partial charge in [-0.15, -0.1) is 4.91 Å². The first kappa shape index (κ1) is 13.2. The summed E-state index contributed by atoms with van der Waals surface area (Å²) in [7, 11) is 0. The maximum Gasteiger partial charge on any atom is 0.239 e. The van der Waals surface area contributed by atoms with E-state index in [-0.39, 0.29) is 0 Å². The molecule has 3 aromatic rings. The maximum atomic E-state index is 10.5. The fraction of sp³-hybridized carbons (Fsp3) is 0. The summed E-state index contributed by atoms with van der Waals surface area (Å²) < 4.78 is 6.06. The van der Waals surface area contributed by atoms with Gasteiger partial charge in [-0.2, -0.15) is 4.37 Å². The highest BCUT2D eigenvalue weighted by Crippen LogP contribution is 2.17. The number of nitrogens with zero attached hydrogens (tertiary/aromatic N) is 4. The summed E-state index contributed by atoms with van der Waals surface area (Å²) in [6.45, 7) is 0. The van der Waals surface area contributed by atoms with Gasteiger partial charge in [0.25, 0.3) is 0 Å². The van der Waals surface area contributed by atoms with Crippen LogP contribution in [0, 0.1) is 4.91 Å². The molecular formula is C14H11N5OS. The Morgan fingerprint density at radius 3 is 2.33 bits per heavy atom. The van der Waals surface area contributed by atoms with E-state index in [0.717, 1.165) is 22.9 Å². The average molecular weight is 297 g/mol. The quantitative estimate of drug-likeness (QED) is 0.593. The van der Waals surface area contributed by atoms with E-state index < -0.39 is 0 Å². The molecule has 3 rings (SSSR count). The SMILES string of the molecule is O=N/N=c1\snc(Nc2ccccc2)n1-c1ccccc1. The van der Waals surface area contributed by atoms with E-state index in [1.165, 1.54) is 0 Å². The molecule has 21 heavy (non-hydrogen) atoms. The third-order valence-corrected chi connectivity index (χ3v) is 3.48. The van der Waals surface area contributed by atoms with Gasteiger partial charge in [0.2, 0.25) is 10.7 Å². The molecule has 0 bridgehead atoms. The zero-order chi connectivity index (χ0) is 14.5. The van der Waals surface area contributed by atoms with Crippen molar-refractivity contribution in [3.8, 4) is 5.69 Å². The van der Waals surface area contributed by atoms with Crippen molar-refractivity contribution < 1.29 is 0 Å². The monoisotopic (exact) mass is 297 g/mol. The molecule has 0 aliphatic carbocycles. The molecule has 1 aromatic heterocycles. The minimum absolute atomic E-state index is 0.412. The lowest BCUT2D eigenvalue weighted by Crippen LogP contribution is -2.14. The van der Waals surface area contributed by atoms with Gasteiger partial charge in [-0.1, -0.05) is 41.5 Å². The number of nitrogens with one attached hydrogen (secondary N) is 1. The van der Waals surface area contributed by atoms with Gasteiger partial charge in [-0.3, -0.25) is 4.57 Å². The molecule has 0 atom stereocenters. The van der Waals surface area contributed by atoms with Crippen LogP contribution in [0.1, 0.15) is 0 Å². The van der Waals surface area contributed by atoms with Gasteiger partial charge in [0.1, 0.15) is 0 Å². The van der Waals surface area contributed by atoms with Gasteiger partial charge in [0.15, 0.2) is 0 Å². The minimum atomic E-state index is 0.412. The first-order chi connectivity index (χ1) is 10.4. The Labute approximate surface area is 124 Å². The maximum absolute atomic E-state index is 10.5. The van der Waals surface area contributed by atoms with E-state index in [4.69, 9.17) is 0 Å². The molecule has 1 N–H and O–H groups in total. The molecule has 1 heterocycles. The molecule has 0 fully saturated rings. The lowest BCUT2D eigenvalue weighted by molar-refractivity contribution is 0.956. The van der Waals surface area contributed by atoms with E-state index >= 15 is 0 Å². The number of hydrogen-bond donors (Lipinski definition) is 1. The lowest BCUT2D eigenvalue weighted by atomic mass is 10.3. The van der Waals surface area contributed by atoms with E-state index in [0.29, 0.717) is 10.7 Å². The van der Waals surface area contributed by atoms with Crippen LogP contribution >= 0.6 is 11.5 Å². The van der Waals surface area contributed by atoms with E-state index in [1.54, 1.807) is 4.57 Å². The molecule has 0 radical (unpaired) electrons.